The molecule has 26 heavy (non-hydrogen) atoms. The molecule has 0 amide bonds. The molecule has 0 aliphatic rings. The first-order chi connectivity index (χ1) is 11.8. The van der Waals surface area contributed by atoms with E-state index in [-0.39, 0.29) is 24.1 Å². The van der Waals surface area contributed by atoms with Crippen LogP contribution in [0.2, 0.25) is 5.04 Å². The number of carbonyl (C=O) groups excluding carboxylic acids is 1. The number of esters is 1. The molecular formula is C20H28ClNO3Si. The van der Waals surface area contributed by atoms with Gasteiger partial charge in [0.15, 0.2) is 0 Å². The number of rotatable bonds is 6. The standard InChI is InChI=1S/C20H27NO3Si.ClH/c1-20(2,3)25(16-11-7-5-8-12-16,17-13-9-6-10-14-17)24-15-18(21)19(22)23-4;/h5-14,18H,15,21H2,1-4H3;1H/t18-;/m0./s1. The van der Waals surface area contributed by atoms with E-state index in [1.807, 2.05) is 36.4 Å². The summed E-state index contributed by atoms with van der Waals surface area (Å²) in [6.07, 6.45) is 0. The Hall–Kier alpha value is -1.66. The molecule has 0 aliphatic heterocycles. The Labute approximate surface area is 163 Å². The van der Waals surface area contributed by atoms with Gasteiger partial charge in [0.25, 0.3) is 8.32 Å². The van der Waals surface area contributed by atoms with Gasteiger partial charge < -0.3 is 14.9 Å². The summed E-state index contributed by atoms with van der Waals surface area (Å²) in [5.74, 6) is -0.460. The molecule has 142 valence electrons. The van der Waals surface area contributed by atoms with E-state index in [4.69, 9.17) is 14.9 Å². The van der Waals surface area contributed by atoms with Crippen LogP contribution in [0.3, 0.4) is 0 Å². The second kappa shape index (κ2) is 9.32. The lowest BCUT2D eigenvalue weighted by atomic mass is 10.2. The molecule has 0 heterocycles. The van der Waals surface area contributed by atoms with Gasteiger partial charge in [0.2, 0.25) is 0 Å². The molecule has 2 aromatic rings. The Morgan fingerprint density at radius 3 is 1.77 bits per heavy atom. The lowest BCUT2D eigenvalue weighted by Gasteiger charge is -2.43. The van der Waals surface area contributed by atoms with Gasteiger partial charge in [-0.15, -0.1) is 12.4 Å². The molecule has 0 bridgehead atoms. The molecule has 0 saturated carbocycles. The van der Waals surface area contributed by atoms with Crippen molar-refractivity contribution >= 4 is 37.1 Å². The first-order valence-corrected chi connectivity index (χ1v) is 10.3. The van der Waals surface area contributed by atoms with Crippen molar-refractivity contribution in [2.75, 3.05) is 13.7 Å². The van der Waals surface area contributed by atoms with Crippen molar-refractivity contribution in [3.05, 3.63) is 60.7 Å². The molecule has 1 atom stereocenters. The number of hydrogen-bond acceptors (Lipinski definition) is 4. The van der Waals surface area contributed by atoms with Gasteiger partial charge in [0.05, 0.1) is 13.7 Å². The van der Waals surface area contributed by atoms with Crippen LogP contribution in [0, 0.1) is 0 Å². The molecule has 0 fully saturated rings. The van der Waals surface area contributed by atoms with Gasteiger partial charge in [-0.25, -0.2) is 0 Å². The molecule has 0 radical (unpaired) electrons. The number of nitrogens with two attached hydrogens (primary N) is 1. The summed E-state index contributed by atoms with van der Waals surface area (Å²) in [4.78, 5) is 11.7. The topological polar surface area (TPSA) is 61.5 Å². The molecule has 6 heteroatoms. The summed E-state index contributed by atoms with van der Waals surface area (Å²) >= 11 is 0. The van der Waals surface area contributed by atoms with Crippen LogP contribution >= 0.6 is 12.4 Å². The minimum atomic E-state index is -2.66. The highest BCUT2D eigenvalue weighted by molar-refractivity contribution is 6.99. The molecule has 2 N–H and O–H groups in total. The molecule has 2 rings (SSSR count). The summed E-state index contributed by atoms with van der Waals surface area (Å²) in [5, 5.41) is 2.17. The minimum absolute atomic E-state index is 0. The van der Waals surface area contributed by atoms with Gasteiger partial charge in [-0.3, -0.25) is 4.79 Å². The van der Waals surface area contributed by atoms with Crippen molar-refractivity contribution < 1.29 is 14.0 Å². The molecule has 0 aliphatic carbocycles. The highest BCUT2D eigenvalue weighted by Gasteiger charge is 2.50. The largest absolute Gasteiger partial charge is 0.468 e. The number of ether oxygens (including phenoxy) is 1. The van der Waals surface area contributed by atoms with E-state index in [1.54, 1.807) is 0 Å². The van der Waals surface area contributed by atoms with Crippen LogP contribution < -0.4 is 16.1 Å². The summed E-state index contributed by atoms with van der Waals surface area (Å²) < 4.78 is 11.3. The van der Waals surface area contributed by atoms with Crippen LogP contribution in [-0.2, 0) is 14.0 Å². The highest BCUT2D eigenvalue weighted by atomic mass is 35.5. The number of benzene rings is 2. The number of hydrogen-bond donors (Lipinski definition) is 1. The molecule has 0 aromatic heterocycles. The minimum Gasteiger partial charge on any atom is -0.468 e. The highest BCUT2D eigenvalue weighted by Crippen LogP contribution is 2.36. The summed E-state index contributed by atoms with van der Waals surface area (Å²) in [6, 6.07) is 19.7. The van der Waals surface area contributed by atoms with Crippen LogP contribution in [-0.4, -0.2) is 34.0 Å². The van der Waals surface area contributed by atoms with E-state index in [9.17, 15) is 4.79 Å². The predicted octanol–water partition coefficient (Wildman–Crippen LogP) is 2.49. The third kappa shape index (κ3) is 4.54. The molecule has 4 nitrogen and oxygen atoms in total. The van der Waals surface area contributed by atoms with Gasteiger partial charge >= 0.3 is 5.97 Å². The van der Waals surface area contributed by atoms with Crippen LogP contribution in [0.15, 0.2) is 60.7 Å². The van der Waals surface area contributed by atoms with E-state index < -0.39 is 20.3 Å². The molecule has 0 spiro atoms. The van der Waals surface area contributed by atoms with Gasteiger partial charge in [-0.1, -0.05) is 81.4 Å². The van der Waals surface area contributed by atoms with Gasteiger partial charge in [0, 0.05) is 0 Å². The lowest BCUT2D eigenvalue weighted by Crippen LogP contribution is -2.67. The molecule has 0 saturated heterocycles. The Morgan fingerprint density at radius 1 is 1.00 bits per heavy atom. The molecular weight excluding hydrogens is 366 g/mol. The number of halogens is 1. The summed E-state index contributed by atoms with van der Waals surface area (Å²) in [6.45, 7) is 6.68. The maximum absolute atomic E-state index is 11.7. The maximum Gasteiger partial charge on any atom is 0.324 e. The fourth-order valence-corrected chi connectivity index (χ4v) is 7.78. The average molecular weight is 394 g/mol. The van der Waals surface area contributed by atoms with Crippen molar-refractivity contribution in [2.45, 2.75) is 31.9 Å². The average Bonchev–Trinajstić information content (AvgIpc) is 2.62. The zero-order chi connectivity index (χ0) is 18.5. The van der Waals surface area contributed by atoms with Gasteiger partial charge in [0.1, 0.15) is 6.04 Å². The first kappa shape index (κ1) is 22.4. The zero-order valence-electron chi connectivity index (χ0n) is 15.8. The molecule has 0 unspecified atom stereocenters. The van der Waals surface area contributed by atoms with Crippen molar-refractivity contribution in [1.29, 1.82) is 0 Å². The second-order valence-corrected chi connectivity index (χ2v) is 11.4. The third-order valence-corrected chi connectivity index (χ3v) is 9.40. The van der Waals surface area contributed by atoms with E-state index >= 15 is 0 Å². The normalized spacial score (nSPS) is 12.8. The van der Waals surface area contributed by atoms with Crippen molar-refractivity contribution in [2.24, 2.45) is 5.73 Å². The fourth-order valence-electron chi connectivity index (χ4n) is 3.20. The van der Waals surface area contributed by atoms with Crippen molar-refractivity contribution in [3.8, 4) is 0 Å². The Balaban J connectivity index is 0.00000338. The fraction of sp³-hybridized carbons (Fsp3) is 0.350. The smallest absolute Gasteiger partial charge is 0.324 e. The Kier molecular flexibility index (Phi) is 8.03. The van der Waals surface area contributed by atoms with E-state index in [0.29, 0.717) is 0 Å². The van der Waals surface area contributed by atoms with Crippen molar-refractivity contribution in [3.63, 3.8) is 0 Å². The second-order valence-electron chi connectivity index (χ2n) is 7.10. The van der Waals surface area contributed by atoms with Crippen LogP contribution in [0.25, 0.3) is 0 Å². The van der Waals surface area contributed by atoms with E-state index in [1.165, 1.54) is 7.11 Å². The number of methoxy groups -OCH3 is 1. The maximum atomic E-state index is 11.7. The predicted molar refractivity (Wildman–Crippen MR) is 111 cm³/mol. The van der Waals surface area contributed by atoms with Crippen LogP contribution in [0.5, 0.6) is 0 Å². The van der Waals surface area contributed by atoms with Crippen LogP contribution in [0.4, 0.5) is 0 Å². The summed E-state index contributed by atoms with van der Waals surface area (Å²) in [7, 11) is -1.32. The first-order valence-electron chi connectivity index (χ1n) is 8.41. The quantitative estimate of drug-likeness (QED) is 0.605. The lowest BCUT2D eigenvalue weighted by molar-refractivity contribution is -0.142. The SMILES string of the molecule is COC(=O)[C@@H](N)CO[Si](c1ccccc1)(c1ccccc1)C(C)(C)C.Cl. The zero-order valence-corrected chi connectivity index (χ0v) is 17.6. The van der Waals surface area contributed by atoms with E-state index in [0.717, 1.165) is 10.4 Å². The molecule has 2 aromatic carbocycles. The third-order valence-electron chi connectivity index (χ3n) is 4.40. The Morgan fingerprint density at radius 2 is 1.42 bits per heavy atom. The van der Waals surface area contributed by atoms with Crippen molar-refractivity contribution in [1.82, 2.24) is 0 Å². The van der Waals surface area contributed by atoms with Crippen LogP contribution in [0.1, 0.15) is 20.8 Å². The van der Waals surface area contributed by atoms with Gasteiger partial charge in [-0.05, 0) is 15.4 Å². The van der Waals surface area contributed by atoms with E-state index in [2.05, 4.69) is 45.0 Å². The summed E-state index contributed by atoms with van der Waals surface area (Å²) in [5.41, 5.74) is 5.96. The van der Waals surface area contributed by atoms with Gasteiger partial charge in [-0.2, -0.15) is 0 Å². The Bertz CT molecular complexity index is 650. The monoisotopic (exact) mass is 393 g/mol. The number of carbonyl (C=O) groups is 1.